The van der Waals surface area contributed by atoms with Gasteiger partial charge in [0.25, 0.3) is 6.08 Å². The van der Waals surface area contributed by atoms with Crippen LogP contribution in [0.3, 0.4) is 0 Å². The van der Waals surface area contributed by atoms with Crippen LogP contribution in [0.1, 0.15) is 12.5 Å². The third-order valence-electron chi connectivity index (χ3n) is 6.77. The van der Waals surface area contributed by atoms with E-state index in [4.69, 9.17) is 43.5 Å². The first-order chi connectivity index (χ1) is 20.6. The number of nitrogens with zero attached hydrogens (tertiary/aromatic N) is 8. The Kier molecular flexibility index (Phi) is 8.99. The molecule has 2 aliphatic rings. The molecular weight excluding hydrogens is 621 g/mol. The smallest absolute Gasteiger partial charge is 0.276 e. The van der Waals surface area contributed by atoms with Crippen LogP contribution in [0.2, 0.25) is 0 Å². The van der Waals surface area contributed by atoms with Crippen molar-refractivity contribution in [2.75, 3.05) is 31.3 Å². The van der Waals surface area contributed by atoms with Crippen molar-refractivity contribution in [3.05, 3.63) is 47.0 Å². The van der Waals surface area contributed by atoms with Gasteiger partial charge in [-0.1, -0.05) is 23.2 Å². The minimum atomic E-state index is -2.06. The van der Waals surface area contributed by atoms with Gasteiger partial charge in [0.05, 0.1) is 31.4 Å². The van der Waals surface area contributed by atoms with Crippen molar-refractivity contribution in [2.45, 2.75) is 36.9 Å². The summed E-state index contributed by atoms with van der Waals surface area (Å²) in [5.74, 6) is 0.658. The van der Waals surface area contributed by atoms with Crippen molar-refractivity contribution in [2.24, 2.45) is 0 Å². The molecule has 0 aliphatic carbocycles. The summed E-state index contributed by atoms with van der Waals surface area (Å²) in [6.07, 6.45) is -3.61. The van der Waals surface area contributed by atoms with Crippen LogP contribution in [0.25, 0.3) is 22.3 Å². The molecule has 0 bridgehead atoms. The first kappa shape index (κ1) is 30.8. The van der Waals surface area contributed by atoms with E-state index in [0.29, 0.717) is 22.5 Å². The quantitative estimate of drug-likeness (QED) is 0.175. The topological polar surface area (TPSA) is 225 Å². The van der Waals surface area contributed by atoms with Crippen molar-refractivity contribution in [3.63, 3.8) is 0 Å². The molecule has 230 valence electrons. The predicted octanol–water partition coefficient (Wildman–Crippen LogP) is 0.617. The number of rotatable bonds is 5. The fourth-order valence-corrected chi connectivity index (χ4v) is 5.10. The summed E-state index contributed by atoms with van der Waals surface area (Å²) in [5, 5.41) is 41.2. The first-order valence-corrected chi connectivity index (χ1v) is 13.2. The number of hydrogen-bond acceptors (Lipinski definition) is 14. The Labute approximate surface area is 250 Å². The minimum absolute atomic E-state index is 0.132. The average molecular weight is 645 g/mol. The van der Waals surface area contributed by atoms with E-state index < -0.39 is 55.1 Å². The number of aromatic nitrogens is 8. The molecule has 0 amide bonds. The Morgan fingerprint density at radius 2 is 1.37 bits per heavy atom. The summed E-state index contributed by atoms with van der Waals surface area (Å²) in [4.78, 5) is 24.1. The zero-order valence-corrected chi connectivity index (χ0v) is 23.5. The number of halogens is 4. The van der Waals surface area contributed by atoms with Crippen LogP contribution in [-0.2, 0) is 9.47 Å². The summed E-state index contributed by atoms with van der Waals surface area (Å²) in [5.41, 5.74) is 6.80. The van der Waals surface area contributed by atoms with E-state index in [1.54, 1.807) is 7.05 Å². The molecular formula is C23H24Cl2F2N10O6. The molecule has 6 rings (SSSR count). The van der Waals surface area contributed by atoms with E-state index >= 15 is 0 Å². The Bertz CT molecular complexity index is 1700. The van der Waals surface area contributed by atoms with Gasteiger partial charge in [-0.25, -0.2) is 29.9 Å². The van der Waals surface area contributed by atoms with Gasteiger partial charge in [0.2, 0.25) is 0 Å². The Balaban J connectivity index is 0.000000171. The molecule has 0 radical (unpaired) electrons. The van der Waals surface area contributed by atoms with E-state index in [2.05, 4.69) is 35.2 Å². The van der Waals surface area contributed by atoms with Crippen LogP contribution in [0.4, 0.5) is 20.4 Å². The number of nitrogens with one attached hydrogen (secondary N) is 1. The maximum absolute atomic E-state index is 13.2. The lowest BCUT2D eigenvalue weighted by atomic mass is 10.1. The number of ether oxygens (including phenoxy) is 2. The fraction of sp³-hybridized carbons (Fsp3) is 0.391. The zero-order valence-electron chi connectivity index (χ0n) is 22.0. The molecule has 0 unspecified atom stereocenters. The molecule has 16 nitrogen and oxygen atoms in total. The van der Waals surface area contributed by atoms with Gasteiger partial charge in [0, 0.05) is 12.6 Å². The third kappa shape index (κ3) is 5.47. The lowest BCUT2D eigenvalue weighted by molar-refractivity contribution is -0.0423. The third-order valence-corrected chi connectivity index (χ3v) is 7.20. The lowest BCUT2D eigenvalue weighted by Crippen LogP contribution is -2.25. The molecule has 2 fully saturated rings. The van der Waals surface area contributed by atoms with E-state index in [1.807, 2.05) is 0 Å². The molecule has 2 aliphatic heterocycles. The van der Waals surface area contributed by atoms with E-state index in [9.17, 15) is 24.1 Å². The van der Waals surface area contributed by atoms with Gasteiger partial charge in [0.15, 0.2) is 40.9 Å². The first-order valence-electron chi connectivity index (χ1n) is 12.4. The van der Waals surface area contributed by atoms with Crippen molar-refractivity contribution in [3.8, 4) is 0 Å². The summed E-state index contributed by atoms with van der Waals surface area (Å²) >= 11 is 11.7. The van der Waals surface area contributed by atoms with Gasteiger partial charge in [-0.15, -0.1) is 0 Å². The van der Waals surface area contributed by atoms with Gasteiger partial charge in [-0.3, -0.25) is 9.13 Å². The standard InChI is InChI=1S/C12H13F2N5O3.C11H11Cl2N5O3/c1-15-10-7-11(17-3-16-10)19(4-18-7)12-6(9(13)14)8(21)5(2-20)22-12;12-8(13)5-7(20)4(1-19)21-11(5)18-3-17-6-9(14)15-2-16-10(6)18/h3-5,8,12,20-21H,2H2,1H3,(H,15,16,17);2-4,7,11,19-20H,1H2,(H2,14,15,16)/t5-,8-,12-;4-,7-,11-/m11/s1. The van der Waals surface area contributed by atoms with Crippen LogP contribution in [-0.4, -0.2) is 104 Å². The second-order valence-electron chi connectivity index (χ2n) is 9.12. The second-order valence-corrected chi connectivity index (χ2v) is 10.1. The fourth-order valence-electron chi connectivity index (χ4n) is 4.69. The summed E-state index contributed by atoms with van der Waals surface area (Å²) in [6.45, 7) is -0.968. The Morgan fingerprint density at radius 1 is 0.860 bits per heavy atom. The van der Waals surface area contributed by atoms with Crippen LogP contribution in [0, 0.1) is 0 Å². The van der Waals surface area contributed by atoms with Gasteiger partial charge in [-0.05, 0) is 0 Å². The number of fused-ring (bicyclic) bond motifs is 2. The van der Waals surface area contributed by atoms with Crippen LogP contribution >= 0.6 is 23.2 Å². The van der Waals surface area contributed by atoms with Gasteiger partial charge < -0.3 is 41.0 Å². The average Bonchev–Trinajstić information content (AvgIpc) is 3.75. The van der Waals surface area contributed by atoms with E-state index in [-0.39, 0.29) is 28.1 Å². The normalized spacial score (nSPS) is 25.3. The highest BCUT2D eigenvalue weighted by molar-refractivity contribution is 6.56. The lowest BCUT2D eigenvalue weighted by Gasteiger charge is -2.14. The highest BCUT2D eigenvalue weighted by Gasteiger charge is 2.44. The molecule has 4 aromatic rings. The van der Waals surface area contributed by atoms with E-state index in [1.165, 1.54) is 34.4 Å². The van der Waals surface area contributed by atoms with Gasteiger partial charge >= 0.3 is 0 Å². The largest absolute Gasteiger partial charge is 0.394 e. The van der Waals surface area contributed by atoms with Crippen LogP contribution in [0.15, 0.2) is 47.0 Å². The van der Waals surface area contributed by atoms with Crippen molar-refractivity contribution in [1.29, 1.82) is 0 Å². The maximum atomic E-state index is 13.2. The van der Waals surface area contributed by atoms with Crippen molar-refractivity contribution >= 4 is 57.2 Å². The Morgan fingerprint density at radius 3 is 1.91 bits per heavy atom. The summed E-state index contributed by atoms with van der Waals surface area (Å²) in [7, 11) is 1.64. The predicted molar refractivity (Wildman–Crippen MR) is 147 cm³/mol. The minimum Gasteiger partial charge on any atom is -0.394 e. The molecule has 0 spiro atoms. The molecule has 4 aromatic heterocycles. The molecule has 6 heterocycles. The number of nitrogen functional groups attached to an aromatic ring is 1. The molecule has 20 heteroatoms. The van der Waals surface area contributed by atoms with Crippen molar-refractivity contribution in [1.82, 2.24) is 39.0 Å². The van der Waals surface area contributed by atoms with Gasteiger partial charge in [0.1, 0.15) is 47.1 Å². The Hall–Kier alpha value is -3.62. The van der Waals surface area contributed by atoms with Gasteiger partial charge in [-0.2, -0.15) is 8.78 Å². The number of aliphatic hydroxyl groups is 4. The second kappa shape index (κ2) is 12.5. The molecule has 6 atom stereocenters. The monoisotopic (exact) mass is 644 g/mol. The number of nitrogens with two attached hydrogens (primary N) is 1. The summed E-state index contributed by atoms with van der Waals surface area (Å²) in [6, 6.07) is 0. The number of aliphatic hydroxyl groups excluding tert-OH is 4. The van der Waals surface area contributed by atoms with Crippen LogP contribution in [0.5, 0.6) is 0 Å². The van der Waals surface area contributed by atoms with E-state index in [0.717, 1.165) is 0 Å². The zero-order chi connectivity index (χ0) is 31.0. The molecule has 7 N–H and O–H groups in total. The number of anilines is 2. The molecule has 0 saturated carbocycles. The number of hydrogen-bond donors (Lipinski definition) is 6. The molecule has 2 saturated heterocycles. The number of imidazole rings is 2. The molecule has 0 aromatic carbocycles. The SMILES string of the molecule is CNc1ncnc2c1ncn2[C@@H]1O[C@H](CO)[C@@H](O)C1=C(F)F.Nc1ncnc2c1ncn2[C@@H]1O[C@H](CO)[C@@H](O)C1=C(Cl)Cl. The summed E-state index contributed by atoms with van der Waals surface area (Å²) < 4.78 is 39.9. The highest BCUT2D eigenvalue weighted by Crippen LogP contribution is 2.40. The van der Waals surface area contributed by atoms with Crippen molar-refractivity contribution < 1.29 is 38.7 Å². The highest BCUT2D eigenvalue weighted by atomic mass is 35.5. The maximum Gasteiger partial charge on any atom is 0.276 e. The molecule has 43 heavy (non-hydrogen) atoms. The van der Waals surface area contributed by atoms with Crippen LogP contribution < -0.4 is 11.1 Å².